The summed E-state index contributed by atoms with van der Waals surface area (Å²) in [5.41, 5.74) is -0.00174. The van der Waals surface area contributed by atoms with Crippen LogP contribution in [0.5, 0.6) is 0 Å². The topological polar surface area (TPSA) is 44.5 Å². The summed E-state index contributed by atoms with van der Waals surface area (Å²) >= 11 is 0. The van der Waals surface area contributed by atoms with Gasteiger partial charge in [-0.3, -0.25) is 0 Å². The van der Waals surface area contributed by atoms with E-state index >= 15 is 0 Å². The maximum absolute atomic E-state index is 5.28. The second-order valence-electron chi connectivity index (χ2n) is 3.43. The SMILES string of the molecule is CCC(OC)C(C)(C)CON. The van der Waals surface area contributed by atoms with E-state index in [1.165, 1.54) is 0 Å². The lowest BCUT2D eigenvalue weighted by atomic mass is 9.86. The minimum Gasteiger partial charge on any atom is -0.381 e. The standard InChI is InChI=1S/C8H19NO2/c1-5-7(10-4)8(2,3)6-11-9/h7H,5-6,9H2,1-4H3. The Kier molecular flexibility index (Phi) is 4.65. The number of hydrogen-bond acceptors (Lipinski definition) is 3. The van der Waals surface area contributed by atoms with E-state index in [-0.39, 0.29) is 11.5 Å². The minimum atomic E-state index is -0.00174. The zero-order valence-corrected chi connectivity index (χ0v) is 7.89. The van der Waals surface area contributed by atoms with Gasteiger partial charge in [-0.2, -0.15) is 0 Å². The number of methoxy groups -OCH3 is 1. The lowest BCUT2D eigenvalue weighted by Crippen LogP contribution is -2.35. The zero-order valence-electron chi connectivity index (χ0n) is 7.89. The Bertz CT molecular complexity index is 100. The molecule has 0 heterocycles. The first kappa shape index (κ1) is 10.9. The maximum Gasteiger partial charge on any atom is 0.0755 e. The van der Waals surface area contributed by atoms with Crippen LogP contribution < -0.4 is 5.90 Å². The lowest BCUT2D eigenvalue weighted by molar-refractivity contribution is -0.0479. The Balaban J connectivity index is 4.00. The van der Waals surface area contributed by atoms with Crippen molar-refractivity contribution in [3.05, 3.63) is 0 Å². The van der Waals surface area contributed by atoms with Crippen molar-refractivity contribution in [1.29, 1.82) is 0 Å². The Morgan fingerprint density at radius 2 is 2.00 bits per heavy atom. The van der Waals surface area contributed by atoms with Crippen molar-refractivity contribution in [1.82, 2.24) is 0 Å². The van der Waals surface area contributed by atoms with Gasteiger partial charge in [0.2, 0.25) is 0 Å². The van der Waals surface area contributed by atoms with Gasteiger partial charge in [-0.15, -0.1) is 0 Å². The molecule has 11 heavy (non-hydrogen) atoms. The molecule has 0 radical (unpaired) electrons. The molecule has 2 N–H and O–H groups in total. The third kappa shape index (κ3) is 3.18. The van der Waals surface area contributed by atoms with Gasteiger partial charge in [-0.25, -0.2) is 5.90 Å². The lowest BCUT2D eigenvalue weighted by Gasteiger charge is -2.31. The van der Waals surface area contributed by atoms with Crippen molar-refractivity contribution < 1.29 is 9.57 Å². The fraction of sp³-hybridized carbons (Fsp3) is 1.00. The first-order chi connectivity index (χ1) is 5.08. The summed E-state index contributed by atoms with van der Waals surface area (Å²) in [6.07, 6.45) is 1.19. The summed E-state index contributed by atoms with van der Waals surface area (Å²) in [4.78, 5) is 4.61. The first-order valence-corrected chi connectivity index (χ1v) is 3.93. The van der Waals surface area contributed by atoms with Crippen LogP contribution in [0.4, 0.5) is 0 Å². The third-order valence-corrected chi connectivity index (χ3v) is 1.98. The number of nitrogens with two attached hydrogens (primary N) is 1. The average molecular weight is 161 g/mol. The number of rotatable bonds is 5. The Morgan fingerprint density at radius 3 is 2.27 bits per heavy atom. The molecule has 3 nitrogen and oxygen atoms in total. The molecule has 1 atom stereocenters. The van der Waals surface area contributed by atoms with Gasteiger partial charge in [0.25, 0.3) is 0 Å². The van der Waals surface area contributed by atoms with Gasteiger partial charge in [0.15, 0.2) is 0 Å². The molecule has 1 unspecified atom stereocenters. The van der Waals surface area contributed by atoms with Gasteiger partial charge >= 0.3 is 0 Å². The van der Waals surface area contributed by atoms with E-state index in [1.807, 2.05) is 0 Å². The van der Waals surface area contributed by atoms with Gasteiger partial charge in [-0.05, 0) is 6.42 Å². The molecule has 0 aliphatic rings. The van der Waals surface area contributed by atoms with E-state index in [0.29, 0.717) is 6.61 Å². The molecule has 0 aromatic carbocycles. The summed E-state index contributed by atoms with van der Waals surface area (Å²) in [7, 11) is 1.71. The molecule has 68 valence electrons. The fourth-order valence-electron chi connectivity index (χ4n) is 1.35. The maximum atomic E-state index is 5.28. The minimum absolute atomic E-state index is 0.00174. The van der Waals surface area contributed by atoms with Crippen molar-refractivity contribution in [3.63, 3.8) is 0 Å². The summed E-state index contributed by atoms with van der Waals surface area (Å²) < 4.78 is 5.28. The summed E-state index contributed by atoms with van der Waals surface area (Å²) in [6.45, 7) is 6.78. The predicted octanol–water partition coefficient (Wildman–Crippen LogP) is 1.33. The van der Waals surface area contributed by atoms with Crippen LogP contribution in [0.1, 0.15) is 27.2 Å². The van der Waals surface area contributed by atoms with Gasteiger partial charge in [-0.1, -0.05) is 20.8 Å². The predicted molar refractivity (Wildman–Crippen MR) is 45.0 cm³/mol. The highest BCUT2D eigenvalue weighted by Gasteiger charge is 2.28. The van der Waals surface area contributed by atoms with Crippen LogP contribution in [0.3, 0.4) is 0 Å². The molecule has 0 rings (SSSR count). The Morgan fingerprint density at radius 1 is 1.45 bits per heavy atom. The smallest absolute Gasteiger partial charge is 0.0755 e. The van der Waals surface area contributed by atoms with Crippen LogP contribution in [-0.4, -0.2) is 19.8 Å². The van der Waals surface area contributed by atoms with Crippen molar-refractivity contribution in [3.8, 4) is 0 Å². The van der Waals surface area contributed by atoms with E-state index < -0.39 is 0 Å². The molecule has 0 aromatic rings. The van der Waals surface area contributed by atoms with Crippen LogP contribution in [0.15, 0.2) is 0 Å². The molecule has 0 fully saturated rings. The second-order valence-corrected chi connectivity index (χ2v) is 3.43. The zero-order chi connectivity index (χ0) is 8.91. The van der Waals surface area contributed by atoms with Crippen LogP contribution in [0.25, 0.3) is 0 Å². The summed E-state index contributed by atoms with van der Waals surface area (Å²) in [5.74, 6) is 5.01. The molecule has 0 aromatic heterocycles. The highest BCUT2D eigenvalue weighted by Crippen LogP contribution is 2.24. The Hall–Kier alpha value is -0.120. The van der Waals surface area contributed by atoms with Crippen molar-refractivity contribution in [2.45, 2.75) is 33.3 Å². The largest absolute Gasteiger partial charge is 0.381 e. The number of hydrogen-bond donors (Lipinski definition) is 1. The van der Waals surface area contributed by atoms with Crippen LogP contribution >= 0.6 is 0 Å². The van der Waals surface area contributed by atoms with E-state index in [4.69, 9.17) is 10.6 Å². The Labute approximate surface area is 68.8 Å². The average Bonchev–Trinajstić information content (AvgIpc) is 1.89. The number of ether oxygens (including phenoxy) is 1. The molecular weight excluding hydrogens is 142 g/mol. The third-order valence-electron chi connectivity index (χ3n) is 1.98. The van der Waals surface area contributed by atoms with Gasteiger partial charge in [0, 0.05) is 12.5 Å². The molecule has 0 spiro atoms. The van der Waals surface area contributed by atoms with Crippen LogP contribution in [-0.2, 0) is 9.57 Å². The molecule has 0 aliphatic carbocycles. The van der Waals surface area contributed by atoms with E-state index in [9.17, 15) is 0 Å². The van der Waals surface area contributed by atoms with E-state index in [0.717, 1.165) is 6.42 Å². The van der Waals surface area contributed by atoms with Gasteiger partial charge < -0.3 is 9.57 Å². The fourth-order valence-corrected chi connectivity index (χ4v) is 1.35. The van der Waals surface area contributed by atoms with E-state index in [2.05, 4.69) is 25.6 Å². The first-order valence-electron chi connectivity index (χ1n) is 3.93. The van der Waals surface area contributed by atoms with Gasteiger partial charge in [0.1, 0.15) is 0 Å². The quantitative estimate of drug-likeness (QED) is 0.619. The summed E-state index contributed by atoms with van der Waals surface area (Å²) in [6, 6.07) is 0. The molecule has 0 saturated heterocycles. The van der Waals surface area contributed by atoms with Crippen LogP contribution in [0, 0.1) is 5.41 Å². The molecule has 0 saturated carbocycles. The molecule has 0 aliphatic heterocycles. The molecule has 3 heteroatoms. The highest BCUT2D eigenvalue weighted by atomic mass is 16.6. The monoisotopic (exact) mass is 161 g/mol. The van der Waals surface area contributed by atoms with Gasteiger partial charge in [0.05, 0.1) is 12.7 Å². The van der Waals surface area contributed by atoms with Crippen molar-refractivity contribution in [2.75, 3.05) is 13.7 Å². The molecular formula is C8H19NO2. The normalized spacial score (nSPS) is 15.0. The highest BCUT2D eigenvalue weighted by molar-refractivity contribution is 4.77. The van der Waals surface area contributed by atoms with Crippen molar-refractivity contribution in [2.24, 2.45) is 11.3 Å². The van der Waals surface area contributed by atoms with Crippen molar-refractivity contribution >= 4 is 0 Å². The molecule has 0 amide bonds. The molecule has 0 bridgehead atoms. The second kappa shape index (κ2) is 4.70. The summed E-state index contributed by atoms with van der Waals surface area (Å²) in [5, 5.41) is 0. The van der Waals surface area contributed by atoms with E-state index in [1.54, 1.807) is 7.11 Å². The van der Waals surface area contributed by atoms with Crippen LogP contribution in [0.2, 0.25) is 0 Å².